The fourth-order valence-corrected chi connectivity index (χ4v) is 12.9. The summed E-state index contributed by atoms with van der Waals surface area (Å²) in [4.78, 5) is 0. The molecule has 0 aliphatic heterocycles. The lowest BCUT2D eigenvalue weighted by atomic mass is 9.82. The second-order valence-electron chi connectivity index (χ2n) is 18.5. The highest BCUT2D eigenvalue weighted by Gasteiger charge is 2.23. The molecule has 16 aromatic carbocycles. The third-order valence-electron chi connectivity index (χ3n) is 15.5. The Balaban J connectivity index is 1.25. The number of hydrogen-bond donors (Lipinski definition) is 0. The summed E-state index contributed by atoms with van der Waals surface area (Å²) in [5.74, 6) is 0. The van der Waals surface area contributed by atoms with E-state index in [1.54, 1.807) is 0 Å². The van der Waals surface area contributed by atoms with Crippen LogP contribution < -0.4 is 0 Å². The molecule has 0 aliphatic carbocycles. The van der Waals surface area contributed by atoms with E-state index in [1.165, 1.54) is 162 Å². The first-order valence-electron chi connectivity index (χ1n) is 23.2. The van der Waals surface area contributed by atoms with Gasteiger partial charge in [-0.1, -0.05) is 194 Å². The zero-order valence-corrected chi connectivity index (χ0v) is 35.8. The van der Waals surface area contributed by atoms with E-state index in [2.05, 4.69) is 218 Å². The van der Waals surface area contributed by atoms with Crippen LogP contribution in [0.25, 0.3) is 162 Å². The van der Waals surface area contributed by atoms with Crippen molar-refractivity contribution in [2.45, 2.75) is 0 Å². The summed E-state index contributed by atoms with van der Waals surface area (Å²) in [6.45, 7) is 0. The molecule has 0 fully saturated rings. The molecule has 0 bridgehead atoms. The average molecular weight is 829 g/mol. The Labute approximate surface area is 378 Å². The van der Waals surface area contributed by atoms with Crippen LogP contribution in [0.5, 0.6) is 0 Å². The summed E-state index contributed by atoms with van der Waals surface area (Å²) in [5, 5.41) is 39.0. The molecule has 0 amide bonds. The second kappa shape index (κ2) is 12.6. The van der Waals surface area contributed by atoms with E-state index in [9.17, 15) is 0 Å². The highest BCUT2D eigenvalue weighted by molar-refractivity contribution is 6.47. The standard InChI is InChI=1S/C66H36/c1-9-25-45-37(17-1)39-19-3-11-27-47(39)63-57-35-55-56-36-58-54(44-24-8-16-32-52(44)62-46-26-10-2-18-38(46)40-20-4-12-28-48(40)64(58)62)34-60(56)66-50-30-14-6-22-42(50)41-21-5-13-29-49(41)65(66)59(55)33-53(57)43-23-7-15-31-51(43)61(45)63/h1-36H. The van der Waals surface area contributed by atoms with Crippen LogP contribution >= 0.6 is 0 Å². The molecule has 66 heavy (non-hydrogen) atoms. The third kappa shape index (κ3) is 4.30. The Morgan fingerprint density at radius 2 is 0.227 bits per heavy atom. The van der Waals surface area contributed by atoms with Crippen molar-refractivity contribution in [3.05, 3.63) is 218 Å². The predicted molar refractivity (Wildman–Crippen MR) is 289 cm³/mol. The van der Waals surface area contributed by atoms with Gasteiger partial charge in [0.25, 0.3) is 0 Å². The molecule has 300 valence electrons. The molecule has 16 rings (SSSR count). The van der Waals surface area contributed by atoms with E-state index in [0.29, 0.717) is 0 Å². The normalized spacial score (nSPS) is 12.5. The van der Waals surface area contributed by atoms with Crippen molar-refractivity contribution >= 4 is 162 Å². The fourth-order valence-electron chi connectivity index (χ4n) is 12.9. The molecule has 16 aromatic rings. The van der Waals surface area contributed by atoms with E-state index in [-0.39, 0.29) is 0 Å². The van der Waals surface area contributed by atoms with Crippen LogP contribution in [0, 0.1) is 0 Å². The second-order valence-corrected chi connectivity index (χ2v) is 18.5. The molecule has 0 heterocycles. The Morgan fingerprint density at radius 1 is 0.106 bits per heavy atom. The SMILES string of the molecule is c1ccc2c(c1)c1ccccc1c1c3cc4c5cc6c(cc5c5c7ccccc7c7ccccc7c5c4cc3c3ccccc3c21)c1ccccc1c1c2ccccc2c2ccccc2c61. The van der Waals surface area contributed by atoms with Crippen molar-refractivity contribution in [2.24, 2.45) is 0 Å². The number of rotatable bonds is 0. The molecular weight excluding hydrogens is 793 g/mol. The topological polar surface area (TPSA) is 0 Å². The molecule has 0 radical (unpaired) electrons. The lowest BCUT2D eigenvalue weighted by molar-refractivity contribution is 1.79. The highest BCUT2D eigenvalue weighted by atomic mass is 14.3. The van der Waals surface area contributed by atoms with Gasteiger partial charge in [0.05, 0.1) is 0 Å². The molecule has 0 N–H and O–H groups in total. The molecule has 0 aromatic heterocycles. The highest BCUT2D eigenvalue weighted by Crippen LogP contribution is 2.51. The monoisotopic (exact) mass is 828 g/mol. The van der Waals surface area contributed by atoms with Gasteiger partial charge in [-0.15, -0.1) is 0 Å². The summed E-state index contributed by atoms with van der Waals surface area (Å²) in [7, 11) is 0. The molecule has 0 unspecified atom stereocenters. The van der Waals surface area contributed by atoms with Gasteiger partial charge in [0.15, 0.2) is 0 Å². The van der Waals surface area contributed by atoms with Gasteiger partial charge >= 0.3 is 0 Å². The molecule has 0 nitrogen and oxygen atoms in total. The smallest absolute Gasteiger partial charge is 0.00137 e. The first kappa shape index (κ1) is 34.9. The zero-order chi connectivity index (χ0) is 42.8. The quantitative estimate of drug-likeness (QED) is 0.106. The maximum Gasteiger partial charge on any atom is -0.00137 e. The Kier molecular flexibility index (Phi) is 6.64. The summed E-state index contributed by atoms with van der Waals surface area (Å²) in [5.41, 5.74) is 0. The van der Waals surface area contributed by atoms with Gasteiger partial charge in [0.2, 0.25) is 0 Å². The maximum atomic E-state index is 2.59. The van der Waals surface area contributed by atoms with Crippen molar-refractivity contribution in [3.8, 4) is 0 Å². The molecule has 0 atom stereocenters. The lowest BCUT2D eigenvalue weighted by Gasteiger charge is -2.21. The first-order valence-corrected chi connectivity index (χ1v) is 23.2. The van der Waals surface area contributed by atoms with Crippen LogP contribution in [0.4, 0.5) is 0 Å². The average Bonchev–Trinajstić information content (AvgIpc) is 3.39. The number of benzene rings is 16. The van der Waals surface area contributed by atoms with Gasteiger partial charge in [-0.2, -0.15) is 0 Å². The van der Waals surface area contributed by atoms with Crippen molar-refractivity contribution in [2.75, 3.05) is 0 Å². The van der Waals surface area contributed by atoms with Gasteiger partial charge in [0, 0.05) is 0 Å². The molecule has 0 heteroatoms. The van der Waals surface area contributed by atoms with E-state index >= 15 is 0 Å². The minimum absolute atomic E-state index is 1.28. The van der Waals surface area contributed by atoms with Crippen LogP contribution in [0.1, 0.15) is 0 Å². The van der Waals surface area contributed by atoms with Crippen LogP contribution in [0.15, 0.2) is 218 Å². The Hall–Kier alpha value is -8.58. The van der Waals surface area contributed by atoms with Gasteiger partial charge in [-0.05, 0) is 186 Å². The Bertz CT molecular complexity index is 4610. The molecule has 0 spiro atoms. The molecule has 0 saturated carbocycles. The zero-order valence-electron chi connectivity index (χ0n) is 35.8. The van der Waals surface area contributed by atoms with Crippen molar-refractivity contribution in [3.63, 3.8) is 0 Å². The molecular formula is C66H36. The van der Waals surface area contributed by atoms with E-state index < -0.39 is 0 Å². The van der Waals surface area contributed by atoms with E-state index in [1.807, 2.05) is 0 Å². The first-order chi connectivity index (χ1) is 32.8. The summed E-state index contributed by atoms with van der Waals surface area (Å²) in [6.07, 6.45) is 0. The van der Waals surface area contributed by atoms with Crippen LogP contribution in [0.2, 0.25) is 0 Å². The number of fused-ring (bicyclic) bond motifs is 33. The van der Waals surface area contributed by atoms with E-state index in [0.717, 1.165) is 0 Å². The third-order valence-corrected chi connectivity index (χ3v) is 15.5. The van der Waals surface area contributed by atoms with Crippen LogP contribution in [-0.2, 0) is 0 Å². The molecule has 0 saturated heterocycles. The summed E-state index contributed by atoms with van der Waals surface area (Å²) < 4.78 is 0. The largest absolute Gasteiger partial charge is 0.0616 e. The molecule has 0 aliphatic rings. The van der Waals surface area contributed by atoms with Crippen molar-refractivity contribution in [1.82, 2.24) is 0 Å². The Morgan fingerprint density at radius 3 is 0.409 bits per heavy atom. The minimum atomic E-state index is 1.28. The van der Waals surface area contributed by atoms with Gasteiger partial charge in [0.1, 0.15) is 0 Å². The van der Waals surface area contributed by atoms with Crippen LogP contribution in [-0.4, -0.2) is 0 Å². The van der Waals surface area contributed by atoms with Crippen molar-refractivity contribution < 1.29 is 0 Å². The minimum Gasteiger partial charge on any atom is -0.0616 e. The van der Waals surface area contributed by atoms with E-state index in [4.69, 9.17) is 0 Å². The summed E-state index contributed by atoms with van der Waals surface area (Å²) in [6, 6.07) is 83.0. The summed E-state index contributed by atoms with van der Waals surface area (Å²) >= 11 is 0. The number of hydrogen-bond acceptors (Lipinski definition) is 0. The van der Waals surface area contributed by atoms with Gasteiger partial charge in [-0.25, -0.2) is 0 Å². The lowest BCUT2D eigenvalue weighted by Crippen LogP contribution is -1.93. The van der Waals surface area contributed by atoms with Gasteiger partial charge < -0.3 is 0 Å². The predicted octanol–water partition coefficient (Wildman–Crippen LogP) is 19.0. The van der Waals surface area contributed by atoms with Crippen LogP contribution in [0.3, 0.4) is 0 Å². The fraction of sp³-hybridized carbons (Fsp3) is 0. The van der Waals surface area contributed by atoms with Gasteiger partial charge in [-0.3, -0.25) is 0 Å². The maximum absolute atomic E-state index is 2.59. The van der Waals surface area contributed by atoms with Crippen molar-refractivity contribution in [1.29, 1.82) is 0 Å².